The molecular formula is C18H26N2O6S. The number of benzene rings is 1. The van der Waals surface area contributed by atoms with Gasteiger partial charge in [-0.25, -0.2) is 8.42 Å². The smallest absolute Gasteiger partial charge is 0.309 e. The number of carbonyl (C=O) groups is 2. The zero-order chi connectivity index (χ0) is 20.2. The molecule has 0 saturated carbocycles. The van der Waals surface area contributed by atoms with E-state index in [0.29, 0.717) is 19.7 Å². The molecule has 0 spiro atoms. The number of carboxylic acid groups (broad SMARTS) is 1. The van der Waals surface area contributed by atoms with Gasteiger partial charge in [-0.3, -0.25) is 9.59 Å². The number of hydrogen-bond acceptors (Lipinski definition) is 5. The number of hydrogen-bond donors (Lipinski definition) is 2. The normalized spacial score (nSPS) is 15.5. The highest BCUT2D eigenvalue weighted by molar-refractivity contribution is 7.89. The molecule has 0 unspecified atom stereocenters. The van der Waals surface area contributed by atoms with E-state index in [9.17, 15) is 18.0 Å². The minimum absolute atomic E-state index is 0.00143. The largest absolute Gasteiger partial charge is 0.492 e. The molecule has 150 valence electrons. The van der Waals surface area contributed by atoms with E-state index in [2.05, 4.69) is 5.32 Å². The molecule has 1 aromatic carbocycles. The summed E-state index contributed by atoms with van der Waals surface area (Å²) in [5.74, 6) is -1.36. The van der Waals surface area contributed by atoms with Crippen molar-refractivity contribution in [1.29, 1.82) is 0 Å². The zero-order valence-corrected chi connectivity index (χ0v) is 16.6. The van der Waals surface area contributed by atoms with E-state index in [-0.39, 0.29) is 22.8 Å². The molecule has 0 aliphatic carbocycles. The Morgan fingerprint density at radius 2 is 1.89 bits per heavy atom. The van der Waals surface area contributed by atoms with Crippen molar-refractivity contribution in [3.8, 4) is 5.75 Å². The van der Waals surface area contributed by atoms with Crippen LogP contribution in [0.1, 0.15) is 40.0 Å². The summed E-state index contributed by atoms with van der Waals surface area (Å²) in [5, 5.41) is 11.7. The van der Waals surface area contributed by atoms with Crippen molar-refractivity contribution in [2.24, 2.45) is 5.41 Å². The van der Waals surface area contributed by atoms with Crippen molar-refractivity contribution in [1.82, 2.24) is 4.31 Å². The summed E-state index contributed by atoms with van der Waals surface area (Å²) in [6.07, 6.45) is 1.39. The molecule has 0 aromatic heterocycles. The third-order valence-corrected chi connectivity index (χ3v) is 6.31. The minimum Gasteiger partial charge on any atom is -0.492 e. The maximum Gasteiger partial charge on any atom is 0.309 e. The highest BCUT2D eigenvalue weighted by Gasteiger charge is 2.32. The van der Waals surface area contributed by atoms with Crippen LogP contribution in [0.25, 0.3) is 0 Å². The van der Waals surface area contributed by atoms with Crippen LogP contribution < -0.4 is 10.1 Å². The average molecular weight is 398 g/mol. The van der Waals surface area contributed by atoms with E-state index >= 15 is 0 Å². The first kappa shape index (κ1) is 21.2. The van der Waals surface area contributed by atoms with Gasteiger partial charge in [0.1, 0.15) is 10.6 Å². The molecule has 1 saturated heterocycles. The second kappa shape index (κ2) is 8.26. The quantitative estimate of drug-likeness (QED) is 0.695. The first-order valence-electron chi connectivity index (χ1n) is 8.88. The van der Waals surface area contributed by atoms with E-state index in [1.54, 1.807) is 13.0 Å². The number of carbonyl (C=O) groups excluding carboxylic acids is 1. The van der Waals surface area contributed by atoms with Crippen molar-refractivity contribution in [3.63, 3.8) is 0 Å². The molecule has 9 heteroatoms. The van der Waals surface area contributed by atoms with Crippen molar-refractivity contribution in [3.05, 3.63) is 18.2 Å². The van der Waals surface area contributed by atoms with E-state index in [0.717, 1.165) is 12.8 Å². The Labute approximate surface area is 159 Å². The Morgan fingerprint density at radius 3 is 2.44 bits per heavy atom. The van der Waals surface area contributed by atoms with Crippen LogP contribution in [-0.4, -0.2) is 49.4 Å². The molecule has 0 atom stereocenters. The topological polar surface area (TPSA) is 113 Å². The molecule has 2 rings (SSSR count). The van der Waals surface area contributed by atoms with Gasteiger partial charge >= 0.3 is 5.97 Å². The van der Waals surface area contributed by atoms with Gasteiger partial charge in [-0.15, -0.1) is 0 Å². The van der Waals surface area contributed by atoms with Gasteiger partial charge in [0.25, 0.3) is 0 Å². The maximum absolute atomic E-state index is 12.9. The second-order valence-electron chi connectivity index (χ2n) is 7.12. The monoisotopic (exact) mass is 398 g/mol. The standard InChI is InChI=1S/C18H26N2O6S/c1-4-26-14-8-7-13(19-16(21)12-18(2,3)17(22)23)11-15(14)27(24,25)20-9-5-6-10-20/h7-8,11H,4-6,9-10,12H2,1-3H3,(H,19,21)(H,22,23). The number of nitrogens with one attached hydrogen (secondary N) is 1. The van der Waals surface area contributed by atoms with Crippen LogP contribution in [0.4, 0.5) is 5.69 Å². The first-order chi connectivity index (χ1) is 12.6. The van der Waals surface area contributed by atoms with Gasteiger partial charge in [-0.05, 0) is 51.8 Å². The lowest BCUT2D eigenvalue weighted by Crippen LogP contribution is -2.30. The summed E-state index contributed by atoms with van der Waals surface area (Å²) in [7, 11) is -3.74. The van der Waals surface area contributed by atoms with E-state index < -0.39 is 27.3 Å². The molecule has 1 fully saturated rings. The number of amides is 1. The Balaban J connectivity index is 2.29. The third-order valence-electron chi connectivity index (χ3n) is 4.39. The van der Waals surface area contributed by atoms with Crippen LogP contribution in [-0.2, 0) is 19.6 Å². The number of anilines is 1. The molecule has 27 heavy (non-hydrogen) atoms. The maximum atomic E-state index is 12.9. The van der Waals surface area contributed by atoms with Crippen molar-refractivity contribution in [2.75, 3.05) is 25.0 Å². The predicted molar refractivity (Wildman–Crippen MR) is 100 cm³/mol. The van der Waals surface area contributed by atoms with E-state index in [1.807, 2.05) is 0 Å². The predicted octanol–water partition coefficient (Wildman–Crippen LogP) is 2.31. The van der Waals surface area contributed by atoms with Crippen LogP contribution in [0.2, 0.25) is 0 Å². The summed E-state index contributed by atoms with van der Waals surface area (Å²) in [4.78, 5) is 23.4. The lowest BCUT2D eigenvalue weighted by atomic mass is 9.89. The van der Waals surface area contributed by atoms with Gasteiger partial charge in [-0.2, -0.15) is 4.31 Å². The number of ether oxygens (including phenoxy) is 1. The minimum atomic E-state index is -3.74. The summed E-state index contributed by atoms with van der Waals surface area (Å²) in [5.41, 5.74) is -0.942. The number of carboxylic acids is 1. The summed E-state index contributed by atoms with van der Waals surface area (Å²) >= 11 is 0. The van der Waals surface area contributed by atoms with Gasteiger partial charge in [0.05, 0.1) is 12.0 Å². The molecule has 0 radical (unpaired) electrons. The Bertz CT molecular complexity index is 813. The molecule has 1 aliphatic heterocycles. The van der Waals surface area contributed by atoms with Crippen LogP contribution >= 0.6 is 0 Å². The Kier molecular flexibility index (Phi) is 6.48. The molecule has 1 aliphatic rings. The SMILES string of the molecule is CCOc1ccc(NC(=O)CC(C)(C)C(=O)O)cc1S(=O)(=O)N1CCCC1. The molecule has 1 heterocycles. The average Bonchev–Trinajstić information content (AvgIpc) is 3.11. The molecule has 1 amide bonds. The molecule has 0 bridgehead atoms. The number of nitrogens with zero attached hydrogens (tertiary/aromatic N) is 1. The molecule has 2 N–H and O–H groups in total. The highest BCUT2D eigenvalue weighted by Crippen LogP contribution is 2.32. The fourth-order valence-electron chi connectivity index (χ4n) is 2.81. The fraction of sp³-hybridized carbons (Fsp3) is 0.556. The van der Waals surface area contributed by atoms with E-state index in [4.69, 9.17) is 9.84 Å². The summed E-state index contributed by atoms with van der Waals surface area (Å²) in [6, 6.07) is 4.41. The summed E-state index contributed by atoms with van der Waals surface area (Å²) < 4.78 is 32.7. The zero-order valence-electron chi connectivity index (χ0n) is 15.8. The van der Waals surface area contributed by atoms with Gasteiger partial charge in [0, 0.05) is 25.2 Å². The summed E-state index contributed by atoms with van der Waals surface area (Å²) in [6.45, 7) is 5.89. The van der Waals surface area contributed by atoms with Gasteiger partial charge in [0.2, 0.25) is 15.9 Å². The molecular weight excluding hydrogens is 372 g/mol. The van der Waals surface area contributed by atoms with Gasteiger partial charge in [0.15, 0.2) is 0 Å². The number of rotatable bonds is 8. The van der Waals surface area contributed by atoms with Gasteiger partial charge < -0.3 is 15.2 Å². The van der Waals surface area contributed by atoms with Crippen molar-refractivity contribution >= 4 is 27.6 Å². The van der Waals surface area contributed by atoms with Gasteiger partial charge in [-0.1, -0.05) is 0 Å². The number of aliphatic carboxylic acids is 1. The van der Waals surface area contributed by atoms with Crippen molar-refractivity contribution < 1.29 is 27.9 Å². The van der Waals surface area contributed by atoms with Crippen LogP contribution in [0.15, 0.2) is 23.1 Å². The second-order valence-corrected chi connectivity index (χ2v) is 9.03. The first-order valence-corrected chi connectivity index (χ1v) is 10.3. The lowest BCUT2D eigenvalue weighted by molar-refractivity contribution is -0.148. The van der Waals surface area contributed by atoms with Crippen LogP contribution in [0, 0.1) is 5.41 Å². The molecule has 1 aromatic rings. The fourth-order valence-corrected chi connectivity index (χ4v) is 4.49. The van der Waals surface area contributed by atoms with Crippen LogP contribution in [0.3, 0.4) is 0 Å². The Morgan fingerprint density at radius 1 is 1.26 bits per heavy atom. The highest BCUT2D eigenvalue weighted by atomic mass is 32.2. The third kappa shape index (κ3) is 4.98. The lowest BCUT2D eigenvalue weighted by Gasteiger charge is -2.20. The Hall–Kier alpha value is -2.13. The van der Waals surface area contributed by atoms with Crippen LogP contribution in [0.5, 0.6) is 5.75 Å². The molecule has 8 nitrogen and oxygen atoms in total. The van der Waals surface area contributed by atoms with Crippen molar-refractivity contribution in [2.45, 2.75) is 44.9 Å². The van der Waals surface area contributed by atoms with E-state index in [1.165, 1.54) is 30.3 Å². The number of sulfonamides is 1.